The lowest BCUT2D eigenvalue weighted by atomic mass is 10.3. The molecule has 0 atom stereocenters. The molecule has 3 rings (SSSR count). The number of aromatic nitrogens is 3. The van der Waals surface area contributed by atoms with Crippen molar-refractivity contribution in [3.05, 3.63) is 46.9 Å². The Hall–Kier alpha value is -3.30. The van der Waals surface area contributed by atoms with Gasteiger partial charge in [0.2, 0.25) is 11.9 Å². The number of hydrogen-bond donors (Lipinski definition) is 1. The van der Waals surface area contributed by atoms with Crippen molar-refractivity contribution in [1.29, 1.82) is 0 Å². The maximum Gasteiger partial charge on any atom is 0.287 e. The Bertz CT molecular complexity index is 746. The zero-order chi connectivity index (χ0) is 18.4. The van der Waals surface area contributed by atoms with Crippen LogP contribution in [0.1, 0.15) is 6.42 Å². The molecule has 1 fully saturated rings. The number of piperazine rings is 1. The summed E-state index contributed by atoms with van der Waals surface area (Å²) < 4.78 is 0. The smallest absolute Gasteiger partial charge is 0.287 e. The second-order valence-corrected chi connectivity index (χ2v) is 5.75. The van der Waals surface area contributed by atoms with Crippen molar-refractivity contribution in [3.8, 4) is 0 Å². The van der Waals surface area contributed by atoms with Gasteiger partial charge in [-0.3, -0.25) is 14.9 Å². The highest BCUT2D eigenvalue weighted by Crippen LogP contribution is 2.13. The first-order valence-electron chi connectivity index (χ1n) is 8.27. The zero-order valence-corrected chi connectivity index (χ0v) is 14.1. The summed E-state index contributed by atoms with van der Waals surface area (Å²) in [7, 11) is 0. The number of rotatable bonds is 6. The third-order valence-electron chi connectivity index (χ3n) is 4.07. The number of nitrogens with one attached hydrogen (secondary N) is 1. The van der Waals surface area contributed by atoms with Gasteiger partial charge in [-0.2, -0.15) is 0 Å². The van der Waals surface area contributed by atoms with Gasteiger partial charge in [0.1, 0.15) is 12.0 Å². The Labute approximate surface area is 150 Å². The number of amides is 1. The average Bonchev–Trinajstić information content (AvgIpc) is 2.69. The molecule has 26 heavy (non-hydrogen) atoms. The molecule has 0 radical (unpaired) electrons. The van der Waals surface area contributed by atoms with Crippen LogP contribution >= 0.6 is 0 Å². The van der Waals surface area contributed by atoms with E-state index in [1.54, 1.807) is 18.5 Å². The van der Waals surface area contributed by atoms with Gasteiger partial charge in [-0.25, -0.2) is 15.0 Å². The Morgan fingerprint density at radius 2 is 1.88 bits per heavy atom. The summed E-state index contributed by atoms with van der Waals surface area (Å²) in [6.45, 7) is 3.09. The molecule has 10 nitrogen and oxygen atoms in total. The predicted molar refractivity (Wildman–Crippen MR) is 94.8 cm³/mol. The second kappa shape index (κ2) is 8.19. The summed E-state index contributed by atoms with van der Waals surface area (Å²) in [5.41, 5.74) is -0.0631. The number of carbonyl (C=O) groups excluding carboxylic acids is 1. The molecule has 0 spiro atoms. The van der Waals surface area contributed by atoms with E-state index in [2.05, 4.69) is 25.2 Å². The molecule has 136 valence electrons. The molecule has 0 unspecified atom stereocenters. The van der Waals surface area contributed by atoms with Gasteiger partial charge in [0.15, 0.2) is 0 Å². The third kappa shape index (κ3) is 4.41. The first-order chi connectivity index (χ1) is 12.6. The van der Waals surface area contributed by atoms with Crippen LogP contribution in [0.25, 0.3) is 0 Å². The molecule has 1 saturated heterocycles. The van der Waals surface area contributed by atoms with Crippen LogP contribution in [-0.4, -0.2) is 63.4 Å². The molecule has 1 N–H and O–H groups in total. The molecule has 10 heteroatoms. The molecule has 0 aliphatic carbocycles. The average molecular weight is 357 g/mol. The first-order valence-corrected chi connectivity index (χ1v) is 8.27. The summed E-state index contributed by atoms with van der Waals surface area (Å²) in [5, 5.41) is 13.6. The van der Waals surface area contributed by atoms with Crippen molar-refractivity contribution in [3.63, 3.8) is 0 Å². The zero-order valence-electron chi connectivity index (χ0n) is 14.1. The standard InChI is InChI=1S/C16H19N7O3/c24-15(4-7-17-14-3-2-13(12-20-14)23(25)26)21-8-10-22(11-9-21)16-18-5-1-6-19-16/h1-3,5-6,12H,4,7-11H2,(H,17,20). The topological polar surface area (TPSA) is 117 Å². The minimum atomic E-state index is -0.500. The van der Waals surface area contributed by atoms with E-state index in [4.69, 9.17) is 0 Å². The number of hydrogen-bond acceptors (Lipinski definition) is 8. The van der Waals surface area contributed by atoms with Crippen LogP contribution in [0, 0.1) is 10.1 Å². The van der Waals surface area contributed by atoms with E-state index in [0.717, 1.165) is 0 Å². The van der Waals surface area contributed by atoms with Crippen LogP contribution in [-0.2, 0) is 4.79 Å². The fraction of sp³-hybridized carbons (Fsp3) is 0.375. The largest absolute Gasteiger partial charge is 0.370 e. The number of anilines is 2. The van der Waals surface area contributed by atoms with E-state index in [1.165, 1.54) is 18.3 Å². The van der Waals surface area contributed by atoms with E-state index < -0.39 is 4.92 Å². The van der Waals surface area contributed by atoms with Crippen LogP contribution in [0.15, 0.2) is 36.8 Å². The molecular weight excluding hydrogens is 338 g/mol. The highest BCUT2D eigenvalue weighted by molar-refractivity contribution is 5.77. The third-order valence-corrected chi connectivity index (χ3v) is 4.07. The fourth-order valence-electron chi connectivity index (χ4n) is 2.66. The Morgan fingerprint density at radius 3 is 2.50 bits per heavy atom. The monoisotopic (exact) mass is 357 g/mol. The Balaban J connectivity index is 1.41. The van der Waals surface area contributed by atoms with Crippen LogP contribution in [0.3, 0.4) is 0 Å². The van der Waals surface area contributed by atoms with Crippen LogP contribution < -0.4 is 10.2 Å². The molecule has 2 aromatic rings. The lowest BCUT2D eigenvalue weighted by molar-refractivity contribution is -0.385. The van der Waals surface area contributed by atoms with Gasteiger partial charge in [-0.05, 0) is 12.1 Å². The van der Waals surface area contributed by atoms with Crippen molar-refractivity contribution >= 4 is 23.4 Å². The van der Waals surface area contributed by atoms with Gasteiger partial charge in [-0.15, -0.1) is 0 Å². The van der Waals surface area contributed by atoms with E-state index >= 15 is 0 Å². The lowest BCUT2D eigenvalue weighted by Crippen LogP contribution is -2.49. The van der Waals surface area contributed by atoms with Crippen LogP contribution in [0.4, 0.5) is 17.5 Å². The van der Waals surface area contributed by atoms with Gasteiger partial charge in [0, 0.05) is 57.6 Å². The maximum atomic E-state index is 12.3. The SMILES string of the molecule is O=C(CCNc1ccc([N+](=O)[O-])cn1)N1CCN(c2ncccn2)CC1. The Kier molecular flexibility index (Phi) is 5.52. The summed E-state index contributed by atoms with van der Waals surface area (Å²) in [6.07, 6.45) is 4.94. The molecule has 1 aliphatic rings. The van der Waals surface area contributed by atoms with E-state index in [1.807, 2.05) is 4.90 Å². The first kappa shape index (κ1) is 17.5. The fourth-order valence-corrected chi connectivity index (χ4v) is 2.66. The van der Waals surface area contributed by atoms with Gasteiger partial charge in [-0.1, -0.05) is 0 Å². The van der Waals surface area contributed by atoms with E-state index in [-0.39, 0.29) is 11.6 Å². The quantitative estimate of drug-likeness (QED) is 0.599. The molecule has 1 amide bonds. The number of nitrogens with zero attached hydrogens (tertiary/aromatic N) is 6. The molecular formula is C16H19N7O3. The summed E-state index contributed by atoms with van der Waals surface area (Å²) >= 11 is 0. The van der Waals surface area contributed by atoms with E-state index in [0.29, 0.717) is 50.9 Å². The molecule has 0 aromatic carbocycles. The van der Waals surface area contributed by atoms with Crippen molar-refractivity contribution in [2.24, 2.45) is 0 Å². The predicted octanol–water partition coefficient (Wildman–Crippen LogP) is 0.931. The van der Waals surface area contributed by atoms with Crippen molar-refractivity contribution in [1.82, 2.24) is 19.9 Å². The van der Waals surface area contributed by atoms with Crippen molar-refractivity contribution in [2.45, 2.75) is 6.42 Å². The summed E-state index contributed by atoms with van der Waals surface area (Å²) in [4.78, 5) is 38.7. The van der Waals surface area contributed by atoms with Crippen LogP contribution in [0.2, 0.25) is 0 Å². The van der Waals surface area contributed by atoms with Crippen molar-refractivity contribution in [2.75, 3.05) is 42.9 Å². The van der Waals surface area contributed by atoms with Gasteiger partial charge >= 0.3 is 0 Å². The van der Waals surface area contributed by atoms with Gasteiger partial charge in [0.25, 0.3) is 5.69 Å². The normalized spacial score (nSPS) is 14.2. The van der Waals surface area contributed by atoms with E-state index in [9.17, 15) is 14.9 Å². The highest BCUT2D eigenvalue weighted by atomic mass is 16.6. The maximum absolute atomic E-state index is 12.3. The summed E-state index contributed by atoms with van der Waals surface area (Å²) in [6, 6.07) is 4.68. The van der Waals surface area contributed by atoms with Gasteiger partial charge < -0.3 is 15.1 Å². The Morgan fingerprint density at radius 1 is 1.15 bits per heavy atom. The number of pyridine rings is 1. The van der Waals surface area contributed by atoms with Crippen LogP contribution in [0.5, 0.6) is 0 Å². The molecule has 0 saturated carbocycles. The molecule has 1 aliphatic heterocycles. The summed E-state index contributed by atoms with van der Waals surface area (Å²) in [5.74, 6) is 1.26. The molecule has 0 bridgehead atoms. The second-order valence-electron chi connectivity index (χ2n) is 5.75. The minimum Gasteiger partial charge on any atom is -0.370 e. The molecule has 2 aromatic heterocycles. The highest BCUT2D eigenvalue weighted by Gasteiger charge is 2.22. The lowest BCUT2D eigenvalue weighted by Gasteiger charge is -2.34. The molecule has 3 heterocycles. The van der Waals surface area contributed by atoms with Crippen molar-refractivity contribution < 1.29 is 9.72 Å². The number of carbonyl (C=O) groups is 1. The number of nitro groups is 1. The minimum absolute atomic E-state index is 0.0630. The van der Waals surface area contributed by atoms with Gasteiger partial charge in [0.05, 0.1) is 4.92 Å².